The molecule has 0 spiro atoms. The van der Waals surface area contributed by atoms with Gasteiger partial charge in [-0.1, -0.05) is 64.2 Å². The summed E-state index contributed by atoms with van der Waals surface area (Å²) in [4.78, 5) is 26.5. The molecule has 1 aliphatic rings. The van der Waals surface area contributed by atoms with Crippen LogP contribution in [0.1, 0.15) is 17.5 Å². The summed E-state index contributed by atoms with van der Waals surface area (Å²) in [6, 6.07) is 12.1. The summed E-state index contributed by atoms with van der Waals surface area (Å²) in [5.41, 5.74) is -0.442. The van der Waals surface area contributed by atoms with Crippen molar-refractivity contribution in [1.29, 1.82) is 0 Å². The molecule has 30 heavy (non-hydrogen) atoms. The number of hydrogen-bond donors (Lipinski definition) is 1. The van der Waals surface area contributed by atoms with Crippen molar-refractivity contribution >= 4 is 67.8 Å². The van der Waals surface area contributed by atoms with Gasteiger partial charge in [-0.3, -0.25) is 14.5 Å². The first kappa shape index (κ1) is 22.5. The number of nitrogens with zero attached hydrogens (tertiary/aromatic N) is 1. The number of carbonyl (C=O) groups excluding carboxylic acids is 2. The van der Waals surface area contributed by atoms with Crippen molar-refractivity contribution in [2.75, 3.05) is 11.9 Å². The Morgan fingerprint density at radius 3 is 2.63 bits per heavy atom. The Morgan fingerprint density at radius 2 is 1.93 bits per heavy atom. The molecule has 0 bridgehead atoms. The van der Waals surface area contributed by atoms with Gasteiger partial charge in [0.2, 0.25) is 5.91 Å². The first-order valence-corrected chi connectivity index (χ1v) is 10.6. The molecule has 0 atom stereocenters. The minimum Gasteiger partial charge on any atom is -0.325 e. The van der Waals surface area contributed by atoms with E-state index in [2.05, 4.69) is 21.2 Å². The number of thioether (sulfide) groups is 1. The number of thiocarbonyl (C=S) groups is 1. The van der Waals surface area contributed by atoms with Gasteiger partial charge in [0.05, 0.1) is 16.2 Å². The molecule has 2 aromatic carbocycles. The lowest BCUT2D eigenvalue weighted by atomic mass is 10.1. The van der Waals surface area contributed by atoms with Crippen LogP contribution in [-0.4, -0.2) is 27.6 Å². The average Bonchev–Trinajstić information content (AvgIpc) is 2.92. The van der Waals surface area contributed by atoms with E-state index in [1.54, 1.807) is 6.08 Å². The van der Waals surface area contributed by atoms with E-state index in [0.717, 1.165) is 27.9 Å². The molecule has 10 heteroatoms. The summed E-state index contributed by atoms with van der Waals surface area (Å²) in [6.07, 6.45) is -3.08. The van der Waals surface area contributed by atoms with Gasteiger partial charge in [0, 0.05) is 17.4 Å². The number of amides is 2. The summed E-state index contributed by atoms with van der Waals surface area (Å²) >= 11 is 9.71. The van der Waals surface area contributed by atoms with Gasteiger partial charge < -0.3 is 5.32 Å². The quantitative estimate of drug-likeness (QED) is 0.410. The normalized spacial score (nSPS) is 15.7. The van der Waals surface area contributed by atoms with Crippen LogP contribution in [0, 0.1) is 0 Å². The smallest absolute Gasteiger partial charge is 0.325 e. The van der Waals surface area contributed by atoms with E-state index < -0.39 is 17.6 Å². The number of rotatable bonds is 5. The minimum absolute atomic E-state index is 0.0273. The molecule has 3 rings (SSSR count). The zero-order valence-corrected chi connectivity index (χ0v) is 18.4. The highest BCUT2D eigenvalue weighted by Gasteiger charge is 2.34. The number of benzene rings is 2. The summed E-state index contributed by atoms with van der Waals surface area (Å²) in [5, 5.41) is 2.26. The van der Waals surface area contributed by atoms with E-state index in [1.165, 1.54) is 23.1 Å². The first-order valence-electron chi connectivity index (χ1n) is 8.62. The number of alkyl halides is 3. The molecule has 0 saturated carbocycles. The van der Waals surface area contributed by atoms with Crippen molar-refractivity contribution in [2.45, 2.75) is 12.6 Å². The van der Waals surface area contributed by atoms with Crippen molar-refractivity contribution in [3.8, 4) is 0 Å². The predicted octanol–water partition coefficient (Wildman–Crippen LogP) is 5.70. The Kier molecular flexibility index (Phi) is 6.99. The first-order chi connectivity index (χ1) is 14.1. The van der Waals surface area contributed by atoms with Crippen molar-refractivity contribution in [3.05, 3.63) is 69.0 Å². The number of hydrogen-bond acceptors (Lipinski definition) is 4. The molecular formula is C20H14BrF3N2O2S2. The molecule has 1 aliphatic heterocycles. The summed E-state index contributed by atoms with van der Waals surface area (Å²) in [6.45, 7) is -0.0273. The monoisotopic (exact) mass is 514 g/mol. The third-order valence-electron chi connectivity index (χ3n) is 4.09. The third kappa shape index (κ3) is 5.50. The number of halogens is 4. The van der Waals surface area contributed by atoms with Crippen molar-refractivity contribution in [2.24, 2.45) is 0 Å². The topological polar surface area (TPSA) is 49.4 Å². The molecule has 1 N–H and O–H groups in total. The Morgan fingerprint density at radius 1 is 1.20 bits per heavy atom. The summed E-state index contributed by atoms with van der Waals surface area (Å²) in [7, 11) is 0. The van der Waals surface area contributed by atoms with Gasteiger partial charge in [-0.2, -0.15) is 13.2 Å². The molecule has 0 aromatic heterocycles. The lowest BCUT2D eigenvalue weighted by Crippen LogP contribution is -2.31. The van der Waals surface area contributed by atoms with Crippen molar-refractivity contribution < 1.29 is 22.8 Å². The highest BCUT2D eigenvalue weighted by atomic mass is 79.9. The number of carbonyl (C=O) groups is 2. The highest BCUT2D eigenvalue weighted by Crippen LogP contribution is 2.35. The van der Waals surface area contributed by atoms with Crippen LogP contribution in [0.4, 0.5) is 18.9 Å². The standard InChI is InChI=1S/C20H14BrF3N2O2S2/c21-13-5-3-4-12(10-13)11-16-18(28)26(19(29)30-16)9-8-17(27)25-15-7-2-1-6-14(15)20(22,23)24/h1-7,10-11H,8-9H2,(H,25,27)/b16-11-. The average molecular weight is 515 g/mol. The number of anilines is 1. The van der Waals surface area contributed by atoms with Crippen LogP contribution in [0.2, 0.25) is 0 Å². The molecule has 2 aromatic rings. The highest BCUT2D eigenvalue weighted by molar-refractivity contribution is 9.10. The van der Waals surface area contributed by atoms with Crippen LogP contribution >= 0.6 is 39.9 Å². The molecule has 0 unspecified atom stereocenters. The molecule has 1 saturated heterocycles. The maximum atomic E-state index is 13.0. The van der Waals surface area contributed by atoms with Gasteiger partial charge in [0.1, 0.15) is 4.32 Å². The molecular weight excluding hydrogens is 501 g/mol. The van der Waals surface area contributed by atoms with E-state index in [-0.39, 0.29) is 24.6 Å². The Balaban J connectivity index is 1.64. The fourth-order valence-electron chi connectivity index (χ4n) is 2.71. The Labute approximate surface area is 188 Å². The van der Waals surface area contributed by atoms with E-state index >= 15 is 0 Å². The second-order valence-corrected chi connectivity index (χ2v) is 8.82. The van der Waals surface area contributed by atoms with E-state index in [4.69, 9.17) is 12.2 Å². The van der Waals surface area contributed by atoms with E-state index in [1.807, 2.05) is 24.3 Å². The fraction of sp³-hybridized carbons (Fsp3) is 0.150. The molecule has 1 fully saturated rings. The molecule has 2 amide bonds. The second-order valence-electron chi connectivity index (χ2n) is 6.23. The fourth-order valence-corrected chi connectivity index (χ4v) is 4.43. The van der Waals surface area contributed by atoms with Gasteiger partial charge in [-0.25, -0.2) is 0 Å². The number of para-hydroxylation sites is 1. The molecule has 0 aliphatic carbocycles. The van der Waals surface area contributed by atoms with E-state index in [9.17, 15) is 22.8 Å². The van der Waals surface area contributed by atoms with Gasteiger partial charge >= 0.3 is 6.18 Å². The van der Waals surface area contributed by atoms with Gasteiger partial charge in [0.15, 0.2) is 0 Å². The maximum absolute atomic E-state index is 13.0. The zero-order chi connectivity index (χ0) is 21.9. The molecule has 4 nitrogen and oxygen atoms in total. The van der Waals surface area contributed by atoms with Crippen LogP contribution in [0.3, 0.4) is 0 Å². The van der Waals surface area contributed by atoms with E-state index in [0.29, 0.717) is 9.23 Å². The molecule has 156 valence electrons. The van der Waals surface area contributed by atoms with Crippen molar-refractivity contribution in [1.82, 2.24) is 4.90 Å². The second kappa shape index (κ2) is 9.32. The Bertz CT molecular complexity index is 1040. The van der Waals surface area contributed by atoms with Crippen LogP contribution in [-0.2, 0) is 15.8 Å². The lowest BCUT2D eigenvalue weighted by Gasteiger charge is -2.16. The summed E-state index contributed by atoms with van der Waals surface area (Å²) < 4.78 is 40.3. The lowest BCUT2D eigenvalue weighted by molar-refractivity contribution is -0.137. The van der Waals surface area contributed by atoms with Gasteiger partial charge in [0.25, 0.3) is 5.91 Å². The van der Waals surface area contributed by atoms with Gasteiger partial charge in [-0.15, -0.1) is 0 Å². The minimum atomic E-state index is -4.58. The third-order valence-corrected chi connectivity index (χ3v) is 5.96. The van der Waals surface area contributed by atoms with Crippen LogP contribution in [0.5, 0.6) is 0 Å². The predicted molar refractivity (Wildman–Crippen MR) is 119 cm³/mol. The number of nitrogens with one attached hydrogen (secondary N) is 1. The maximum Gasteiger partial charge on any atom is 0.418 e. The van der Waals surface area contributed by atoms with Gasteiger partial charge in [-0.05, 0) is 35.9 Å². The van der Waals surface area contributed by atoms with Crippen LogP contribution in [0.25, 0.3) is 6.08 Å². The largest absolute Gasteiger partial charge is 0.418 e. The van der Waals surface area contributed by atoms with Crippen LogP contribution < -0.4 is 5.32 Å². The molecule has 1 heterocycles. The molecule has 0 radical (unpaired) electrons. The Hall–Kier alpha value is -2.17. The van der Waals surface area contributed by atoms with Crippen LogP contribution in [0.15, 0.2) is 57.9 Å². The summed E-state index contributed by atoms with van der Waals surface area (Å²) in [5.74, 6) is -0.981. The zero-order valence-electron chi connectivity index (χ0n) is 15.2. The van der Waals surface area contributed by atoms with Crippen molar-refractivity contribution in [3.63, 3.8) is 0 Å². The SMILES string of the molecule is O=C(CCN1C(=O)/C(=C/c2cccc(Br)c2)SC1=S)Nc1ccccc1C(F)(F)F.